The molecule has 1 atom stereocenters. The first-order valence-corrected chi connectivity index (χ1v) is 9.18. The molecule has 2 aliphatic rings. The molecule has 0 N–H and O–H groups in total. The average Bonchev–Trinajstić information content (AvgIpc) is 3.25. The molecule has 0 radical (unpaired) electrons. The molecule has 9 nitrogen and oxygen atoms in total. The van der Waals surface area contributed by atoms with Gasteiger partial charge in [0, 0.05) is 32.9 Å². The van der Waals surface area contributed by atoms with Crippen molar-refractivity contribution in [2.75, 3.05) is 32.8 Å². The normalized spacial score (nSPS) is 21.7. The molecule has 4 heterocycles. The number of morpholine rings is 1. The fourth-order valence-electron chi connectivity index (χ4n) is 3.56. The SMILES string of the molecule is Cn1cc(-c2nc([C@@H]3CCCCCN3C(=O)N3CCOCC3)no2)cn1. The number of carbonyl (C=O) groups excluding carboxylic acids is 1. The van der Waals surface area contributed by atoms with Crippen LogP contribution in [-0.2, 0) is 11.8 Å². The number of aromatic nitrogens is 4. The van der Waals surface area contributed by atoms with Gasteiger partial charge in [-0.3, -0.25) is 4.68 Å². The lowest BCUT2D eigenvalue weighted by molar-refractivity contribution is 0.0387. The summed E-state index contributed by atoms with van der Waals surface area (Å²) in [5.41, 5.74) is 0.783. The molecule has 0 spiro atoms. The Morgan fingerprint density at radius 3 is 2.81 bits per heavy atom. The smallest absolute Gasteiger partial charge is 0.320 e. The highest BCUT2D eigenvalue weighted by molar-refractivity contribution is 5.75. The number of hydrogen-bond donors (Lipinski definition) is 0. The second kappa shape index (κ2) is 7.45. The zero-order valence-corrected chi connectivity index (χ0v) is 15.0. The Morgan fingerprint density at radius 2 is 2.04 bits per heavy atom. The average molecular weight is 360 g/mol. The van der Waals surface area contributed by atoms with Gasteiger partial charge in [0.2, 0.25) is 0 Å². The van der Waals surface area contributed by atoms with Crippen molar-refractivity contribution in [2.45, 2.75) is 31.7 Å². The lowest BCUT2D eigenvalue weighted by Crippen LogP contribution is -2.49. The lowest BCUT2D eigenvalue weighted by Gasteiger charge is -2.35. The zero-order valence-electron chi connectivity index (χ0n) is 15.0. The summed E-state index contributed by atoms with van der Waals surface area (Å²) in [6.07, 6.45) is 7.54. The van der Waals surface area contributed by atoms with Crippen LogP contribution in [-0.4, -0.2) is 68.6 Å². The maximum Gasteiger partial charge on any atom is 0.320 e. The molecule has 0 saturated carbocycles. The van der Waals surface area contributed by atoms with E-state index in [2.05, 4.69) is 15.2 Å². The van der Waals surface area contributed by atoms with Gasteiger partial charge < -0.3 is 19.1 Å². The van der Waals surface area contributed by atoms with E-state index in [9.17, 15) is 4.79 Å². The highest BCUT2D eigenvalue weighted by Crippen LogP contribution is 2.31. The van der Waals surface area contributed by atoms with Gasteiger partial charge >= 0.3 is 6.03 Å². The number of rotatable bonds is 2. The van der Waals surface area contributed by atoms with Crippen LogP contribution in [0.5, 0.6) is 0 Å². The van der Waals surface area contributed by atoms with Crippen LogP contribution in [0.25, 0.3) is 11.5 Å². The molecule has 2 aromatic rings. The van der Waals surface area contributed by atoms with Gasteiger partial charge in [-0.05, 0) is 12.8 Å². The second-order valence-corrected chi connectivity index (χ2v) is 6.80. The summed E-state index contributed by atoms with van der Waals surface area (Å²) in [4.78, 5) is 21.4. The van der Waals surface area contributed by atoms with E-state index in [-0.39, 0.29) is 12.1 Å². The van der Waals surface area contributed by atoms with Gasteiger partial charge in [-0.1, -0.05) is 18.0 Å². The maximum absolute atomic E-state index is 13.1. The predicted octanol–water partition coefficient (Wildman–Crippen LogP) is 1.84. The Balaban J connectivity index is 1.57. The highest BCUT2D eigenvalue weighted by atomic mass is 16.5. The number of amides is 2. The van der Waals surface area contributed by atoms with Crippen molar-refractivity contribution in [1.82, 2.24) is 29.7 Å². The molecule has 2 saturated heterocycles. The fraction of sp³-hybridized carbons (Fsp3) is 0.647. The second-order valence-electron chi connectivity index (χ2n) is 6.80. The van der Waals surface area contributed by atoms with Crippen LogP contribution in [0.1, 0.15) is 37.5 Å². The Hall–Kier alpha value is -2.42. The summed E-state index contributed by atoms with van der Waals surface area (Å²) in [6.45, 7) is 3.18. The minimum Gasteiger partial charge on any atom is -0.378 e. The quantitative estimate of drug-likeness (QED) is 0.812. The molecule has 2 amide bonds. The van der Waals surface area contributed by atoms with Crippen LogP contribution < -0.4 is 0 Å². The summed E-state index contributed by atoms with van der Waals surface area (Å²) >= 11 is 0. The minimum atomic E-state index is -0.151. The van der Waals surface area contributed by atoms with Crippen molar-refractivity contribution in [1.29, 1.82) is 0 Å². The number of nitrogens with zero attached hydrogens (tertiary/aromatic N) is 6. The molecule has 4 rings (SSSR count). The summed E-state index contributed by atoms with van der Waals surface area (Å²) in [5.74, 6) is 1.02. The van der Waals surface area contributed by atoms with Crippen LogP contribution in [0.4, 0.5) is 4.79 Å². The highest BCUT2D eigenvalue weighted by Gasteiger charge is 2.33. The van der Waals surface area contributed by atoms with E-state index < -0.39 is 0 Å². The fourth-order valence-corrected chi connectivity index (χ4v) is 3.56. The third-order valence-electron chi connectivity index (χ3n) is 4.97. The monoisotopic (exact) mass is 360 g/mol. The topological polar surface area (TPSA) is 89.5 Å². The van der Waals surface area contributed by atoms with E-state index >= 15 is 0 Å². The Morgan fingerprint density at radius 1 is 1.19 bits per heavy atom. The molecule has 2 aliphatic heterocycles. The van der Waals surface area contributed by atoms with Gasteiger partial charge in [0.15, 0.2) is 5.82 Å². The van der Waals surface area contributed by atoms with Crippen LogP contribution in [0, 0.1) is 0 Å². The van der Waals surface area contributed by atoms with E-state index in [0.29, 0.717) is 38.0 Å². The summed E-state index contributed by atoms with van der Waals surface area (Å²) in [6, 6.07) is -0.102. The molecular weight excluding hydrogens is 336 g/mol. The number of carbonyl (C=O) groups is 1. The molecule has 0 aromatic carbocycles. The summed E-state index contributed by atoms with van der Waals surface area (Å²) < 4.78 is 12.5. The summed E-state index contributed by atoms with van der Waals surface area (Å²) in [5, 5.41) is 8.32. The van der Waals surface area contributed by atoms with Crippen molar-refractivity contribution >= 4 is 6.03 Å². The molecule has 0 bridgehead atoms. The van der Waals surface area contributed by atoms with Gasteiger partial charge in [0.05, 0.1) is 31.0 Å². The van der Waals surface area contributed by atoms with E-state index in [1.54, 1.807) is 10.9 Å². The van der Waals surface area contributed by atoms with Crippen molar-refractivity contribution in [3.8, 4) is 11.5 Å². The Bertz CT molecular complexity index is 751. The molecule has 26 heavy (non-hydrogen) atoms. The summed E-state index contributed by atoms with van der Waals surface area (Å²) in [7, 11) is 1.84. The lowest BCUT2D eigenvalue weighted by atomic mass is 10.1. The molecule has 0 unspecified atom stereocenters. The van der Waals surface area contributed by atoms with Crippen molar-refractivity contribution in [2.24, 2.45) is 7.05 Å². The van der Waals surface area contributed by atoms with Crippen molar-refractivity contribution in [3.05, 3.63) is 18.2 Å². The van der Waals surface area contributed by atoms with Gasteiger partial charge in [-0.25, -0.2) is 4.79 Å². The first-order valence-electron chi connectivity index (χ1n) is 9.18. The van der Waals surface area contributed by atoms with E-state index in [0.717, 1.165) is 37.8 Å². The third kappa shape index (κ3) is 3.44. The van der Waals surface area contributed by atoms with Gasteiger partial charge in [-0.15, -0.1) is 0 Å². The predicted molar refractivity (Wildman–Crippen MR) is 92.2 cm³/mol. The van der Waals surface area contributed by atoms with Gasteiger partial charge in [-0.2, -0.15) is 10.1 Å². The van der Waals surface area contributed by atoms with Gasteiger partial charge in [0.25, 0.3) is 5.89 Å². The first kappa shape index (κ1) is 17.0. The number of aryl methyl sites for hydroxylation is 1. The molecule has 2 fully saturated rings. The number of ether oxygens (including phenoxy) is 1. The minimum absolute atomic E-state index is 0.0490. The van der Waals surface area contributed by atoms with E-state index in [1.165, 1.54) is 0 Å². The zero-order chi connectivity index (χ0) is 17.9. The van der Waals surface area contributed by atoms with Crippen LogP contribution in [0.2, 0.25) is 0 Å². The van der Waals surface area contributed by atoms with E-state index in [1.807, 2.05) is 23.0 Å². The standard InChI is InChI=1S/C17H24N6O3/c1-21-12-13(11-18-21)16-19-15(20-26-16)14-5-3-2-4-6-23(14)17(24)22-7-9-25-10-8-22/h11-12,14H,2-10H2,1H3/t14-/m0/s1. The first-order chi connectivity index (χ1) is 12.7. The Labute approximate surface area is 151 Å². The molecule has 140 valence electrons. The van der Waals surface area contributed by atoms with Crippen molar-refractivity contribution < 1.29 is 14.1 Å². The number of urea groups is 1. The number of hydrogen-bond acceptors (Lipinski definition) is 6. The molecule has 2 aromatic heterocycles. The third-order valence-corrected chi connectivity index (χ3v) is 4.97. The van der Waals surface area contributed by atoms with Crippen molar-refractivity contribution in [3.63, 3.8) is 0 Å². The van der Waals surface area contributed by atoms with Crippen LogP contribution >= 0.6 is 0 Å². The maximum atomic E-state index is 13.1. The Kier molecular flexibility index (Phi) is 4.87. The van der Waals surface area contributed by atoms with Crippen LogP contribution in [0.15, 0.2) is 16.9 Å². The molecule has 9 heteroatoms. The number of likely N-dealkylation sites (tertiary alicyclic amines) is 1. The molecular formula is C17H24N6O3. The van der Waals surface area contributed by atoms with Crippen LogP contribution in [0.3, 0.4) is 0 Å². The van der Waals surface area contributed by atoms with E-state index in [4.69, 9.17) is 9.26 Å². The van der Waals surface area contributed by atoms with Gasteiger partial charge in [0.1, 0.15) is 0 Å². The molecule has 0 aliphatic carbocycles. The largest absolute Gasteiger partial charge is 0.378 e.